The molecule has 0 saturated heterocycles. The lowest BCUT2D eigenvalue weighted by molar-refractivity contribution is 0.597. The zero-order chi connectivity index (χ0) is 12.0. The average molecular weight is 241 g/mol. The Kier molecular flexibility index (Phi) is 2.23. The zero-order valence-corrected chi connectivity index (χ0v) is 11.1. The van der Waals surface area contributed by atoms with Crippen molar-refractivity contribution in [3.63, 3.8) is 0 Å². The fraction of sp³-hybridized carbons (Fsp3) is 0.267. The number of rotatable bonds is 0. The molecule has 2 aromatic heterocycles. The predicted molar refractivity (Wildman–Crippen MR) is 75.8 cm³/mol. The van der Waals surface area contributed by atoms with Crippen molar-refractivity contribution in [3.05, 3.63) is 42.2 Å². The van der Waals surface area contributed by atoms with Crippen LogP contribution in [0.15, 0.2) is 36.7 Å². The Hall–Kier alpha value is -1.41. The van der Waals surface area contributed by atoms with E-state index >= 15 is 0 Å². The first-order chi connectivity index (χ1) is 8.07. The van der Waals surface area contributed by atoms with Crippen LogP contribution < -0.4 is 0 Å². The number of hydrogen-bond donors (Lipinski definition) is 0. The molecule has 17 heavy (non-hydrogen) atoms. The molecule has 0 unspecified atom stereocenters. The molecule has 0 radical (unpaired) electrons. The van der Waals surface area contributed by atoms with E-state index in [1.165, 1.54) is 25.7 Å². The zero-order valence-electron chi connectivity index (χ0n) is 10.3. The Morgan fingerprint density at radius 1 is 1.06 bits per heavy atom. The third-order valence-corrected chi connectivity index (χ3v) is 4.30. The number of benzene rings is 1. The molecule has 0 aliphatic rings. The third-order valence-electron chi connectivity index (χ3n) is 3.11. The number of nitrogens with zero attached hydrogens (tertiary/aromatic N) is 1. The summed E-state index contributed by atoms with van der Waals surface area (Å²) in [6.45, 7) is 6.80. The van der Waals surface area contributed by atoms with E-state index in [0.717, 1.165) is 0 Å². The van der Waals surface area contributed by atoms with E-state index < -0.39 is 0 Å². The van der Waals surface area contributed by atoms with Gasteiger partial charge in [-0.3, -0.25) is 4.98 Å². The summed E-state index contributed by atoms with van der Waals surface area (Å²) in [5, 5.41) is 2.69. The van der Waals surface area contributed by atoms with Gasteiger partial charge in [-0.25, -0.2) is 0 Å². The lowest BCUT2D eigenvalue weighted by Crippen LogP contribution is -2.10. The van der Waals surface area contributed by atoms with Gasteiger partial charge in [0.2, 0.25) is 0 Å². The summed E-state index contributed by atoms with van der Waals surface area (Å²) in [4.78, 5) is 4.21. The molecule has 3 aromatic rings. The van der Waals surface area contributed by atoms with Gasteiger partial charge in [0.1, 0.15) is 0 Å². The van der Waals surface area contributed by atoms with Crippen LogP contribution in [0.4, 0.5) is 0 Å². The molecule has 2 heteroatoms. The first-order valence-electron chi connectivity index (χ1n) is 5.83. The van der Waals surface area contributed by atoms with E-state index in [4.69, 9.17) is 0 Å². The lowest BCUT2D eigenvalue weighted by Gasteiger charge is -2.19. The first kappa shape index (κ1) is 10.7. The van der Waals surface area contributed by atoms with Crippen LogP contribution in [0, 0.1) is 0 Å². The molecule has 0 bridgehead atoms. The molecule has 0 saturated carbocycles. The van der Waals surface area contributed by atoms with Crippen LogP contribution in [0.25, 0.3) is 20.2 Å². The van der Waals surface area contributed by atoms with Crippen molar-refractivity contribution < 1.29 is 0 Å². The van der Waals surface area contributed by atoms with Crippen LogP contribution in [0.2, 0.25) is 0 Å². The van der Waals surface area contributed by atoms with Crippen molar-refractivity contribution in [2.45, 2.75) is 26.2 Å². The van der Waals surface area contributed by atoms with E-state index in [-0.39, 0.29) is 5.41 Å². The summed E-state index contributed by atoms with van der Waals surface area (Å²) in [5.74, 6) is 0. The van der Waals surface area contributed by atoms with Crippen molar-refractivity contribution in [3.8, 4) is 0 Å². The molecule has 2 heterocycles. The molecule has 86 valence electrons. The first-order valence-corrected chi connectivity index (χ1v) is 6.65. The van der Waals surface area contributed by atoms with Crippen molar-refractivity contribution in [2.75, 3.05) is 0 Å². The summed E-state index contributed by atoms with van der Waals surface area (Å²) in [6.07, 6.45) is 3.84. The minimum Gasteiger partial charge on any atom is -0.263 e. The highest BCUT2D eigenvalue weighted by molar-refractivity contribution is 7.26. The molecule has 1 nitrogen and oxygen atoms in total. The van der Waals surface area contributed by atoms with Crippen LogP contribution >= 0.6 is 11.3 Å². The normalized spacial score (nSPS) is 12.4. The second kappa shape index (κ2) is 3.54. The van der Waals surface area contributed by atoms with Crippen molar-refractivity contribution in [1.82, 2.24) is 4.98 Å². The van der Waals surface area contributed by atoms with Crippen LogP contribution in [0.5, 0.6) is 0 Å². The topological polar surface area (TPSA) is 12.9 Å². The molecule has 0 N–H and O–H groups in total. The lowest BCUT2D eigenvalue weighted by atomic mass is 9.86. The van der Waals surface area contributed by atoms with Gasteiger partial charge >= 0.3 is 0 Å². The predicted octanol–water partition coefficient (Wildman–Crippen LogP) is 4.75. The van der Waals surface area contributed by atoms with Crippen LogP contribution in [0.3, 0.4) is 0 Å². The highest BCUT2D eigenvalue weighted by Crippen LogP contribution is 2.39. The van der Waals surface area contributed by atoms with Gasteiger partial charge in [0.15, 0.2) is 0 Å². The van der Waals surface area contributed by atoms with Crippen LogP contribution in [-0.2, 0) is 5.41 Å². The van der Waals surface area contributed by atoms with Crippen molar-refractivity contribution in [1.29, 1.82) is 0 Å². The summed E-state index contributed by atoms with van der Waals surface area (Å²) >= 11 is 1.85. The fourth-order valence-electron chi connectivity index (χ4n) is 2.24. The second-order valence-corrected chi connectivity index (χ2v) is 6.46. The highest BCUT2D eigenvalue weighted by Gasteiger charge is 2.18. The van der Waals surface area contributed by atoms with Gasteiger partial charge in [0.05, 0.1) is 4.70 Å². The molecule has 0 amide bonds. The van der Waals surface area contributed by atoms with E-state index in [2.05, 4.69) is 50.0 Å². The SMILES string of the molecule is CC(C)(C)c1cccc2c1sc1cnccc12. The molecule has 0 fully saturated rings. The number of hydrogen-bond acceptors (Lipinski definition) is 2. The molecule has 0 spiro atoms. The highest BCUT2D eigenvalue weighted by atomic mass is 32.1. The van der Waals surface area contributed by atoms with Gasteiger partial charge in [-0.15, -0.1) is 11.3 Å². The minimum absolute atomic E-state index is 0.188. The molecular formula is C15H15NS. The van der Waals surface area contributed by atoms with Crippen LogP contribution in [0.1, 0.15) is 26.3 Å². The van der Waals surface area contributed by atoms with E-state index in [0.29, 0.717) is 0 Å². The Morgan fingerprint density at radius 2 is 1.88 bits per heavy atom. The van der Waals surface area contributed by atoms with E-state index in [9.17, 15) is 0 Å². The molecular weight excluding hydrogens is 226 g/mol. The minimum atomic E-state index is 0.188. The van der Waals surface area contributed by atoms with Gasteiger partial charge in [-0.05, 0) is 17.0 Å². The number of pyridine rings is 1. The van der Waals surface area contributed by atoms with E-state index in [1.54, 1.807) is 0 Å². The largest absolute Gasteiger partial charge is 0.263 e. The Balaban J connectivity index is 2.48. The molecule has 0 atom stereocenters. The van der Waals surface area contributed by atoms with Gasteiger partial charge in [0.25, 0.3) is 0 Å². The fourth-order valence-corrected chi connectivity index (χ4v) is 3.64. The van der Waals surface area contributed by atoms with Gasteiger partial charge in [-0.1, -0.05) is 39.0 Å². The van der Waals surface area contributed by atoms with Crippen LogP contribution in [-0.4, -0.2) is 4.98 Å². The van der Waals surface area contributed by atoms with Crippen molar-refractivity contribution in [2.24, 2.45) is 0 Å². The number of fused-ring (bicyclic) bond motifs is 3. The molecule has 3 rings (SSSR count). The Labute approximate surface area is 105 Å². The van der Waals surface area contributed by atoms with Gasteiger partial charge in [0, 0.05) is 27.9 Å². The summed E-state index contributed by atoms with van der Waals surface area (Å²) in [5.41, 5.74) is 1.62. The van der Waals surface area contributed by atoms with E-state index in [1.807, 2.05) is 23.7 Å². The summed E-state index contributed by atoms with van der Waals surface area (Å²) in [6, 6.07) is 8.73. The number of aromatic nitrogens is 1. The molecule has 0 aliphatic carbocycles. The maximum atomic E-state index is 4.21. The summed E-state index contributed by atoms with van der Waals surface area (Å²) in [7, 11) is 0. The second-order valence-electron chi connectivity index (χ2n) is 5.41. The molecule has 0 aliphatic heterocycles. The Bertz CT molecular complexity index is 689. The standard InChI is InChI=1S/C15H15NS/c1-15(2,3)12-6-4-5-11-10-7-8-16-9-13(10)17-14(11)12/h4-9H,1-3H3. The smallest absolute Gasteiger partial charge is 0.0538 e. The van der Waals surface area contributed by atoms with Crippen molar-refractivity contribution >= 4 is 31.5 Å². The van der Waals surface area contributed by atoms with Gasteiger partial charge in [-0.2, -0.15) is 0 Å². The number of thiophene rings is 1. The third kappa shape index (κ3) is 1.64. The quantitative estimate of drug-likeness (QED) is 0.553. The summed E-state index contributed by atoms with van der Waals surface area (Å²) < 4.78 is 2.68. The maximum absolute atomic E-state index is 4.21. The monoisotopic (exact) mass is 241 g/mol. The average Bonchev–Trinajstić information content (AvgIpc) is 2.65. The maximum Gasteiger partial charge on any atom is 0.0538 e. The Morgan fingerprint density at radius 3 is 2.65 bits per heavy atom. The molecule has 1 aromatic carbocycles. The van der Waals surface area contributed by atoms with Gasteiger partial charge < -0.3 is 0 Å².